The Bertz CT molecular complexity index is 1120. The van der Waals surface area contributed by atoms with Gasteiger partial charge in [-0.2, -0.15) is 5.26 Å². The lowest BCUT2D eigenvalue weighted by atomic mass is 10.1. The summed E-state index contributed by atoms with van der Waals surface area (Å²) < 4.78 is 21.6. The van der Waals surface area contributed by atoms with Crippen molar-refractivity contribution in [1.29, 1.82) is 5.26 Å². The summed E-state index contributed by atoms with van der Waals surface area (Å²) >= 11 is 0. The molecule has 0 aliphatic heterocycles. The number of nitriles is 1. The second kappa shape index (κ2) is 10.1. The molecule has 0 saturated heterocycles. The maximum absolute atomic E-state index is 12.0. The monoisotopic (exact) mass is 418 g/mol. The zero-order chi connectivity index (χ0) is 22.2. The first-order valence-corrected chi connectivity index (χ1v) is 9.56. The lowest BCUT2D eigenvalue weighted by Gasteiger charge is -2.11. The number of hydrogen-bond donors (Lipinski definition) is 0. The van der Waals surface area contributed by atoms with E-state index < -0.39 is 5.97 Å². The van der Waals surface area contributed by atoms with Crippen molar-refractivity contribution in [3.63, 3.8) is 0 Å². The SMILES string of the molecule is COc1cc(/C=C/C(=O)OCc2cccc(C#N)c2)ccc1OCc1c(C)noc1C. The molecule has 158 valence electrons. The minimum absolute atomic E-state index is 0.0937. The number of rotatable bonds is 8. The van der Waals surface area contributed by atoms with E-state index >= 15 is 0 Å². The topological polar surface area (TPSA) is 94.6 Å². The normalized spacial score (nSPS) is 10.6. The molecule has 0 aliphatic rings. The van der Waals surface area contributed by atoms with E-state index in [4.69, 9.17) is 24.0 Å². The zero-order valence-corrected chi connectivity index (χ0v) is 17.5. The zero-order valence-electron chi connectivity index (χ0n) is 17.5. The van der Waals surface area contributed by atoms with E-state index in [0.717, 1.165) is 22.4 Å². The molecule has 31 heavy (non-hydrogen) atoms. The van der Waals surface area contributed by atoms with Crippen LogP contribution in [0.1, 0.15) is 33.7 Å². The smallest absolute Gasteiger partial charge is 0.331 e. The Hall–Kier alpha value is -4.05. The third-order valence-corrected chi connectivity index (χ3v) is 4.59. The number of ether oxygens (including phenoxy) is 3. The molecule has 0 aliphatic carbocycles. The van der Waals surface area contributed by atoms with Gasteiger partial charge in [-0.1, -0.05) is 23.4 Å². The van der Waals surface area contributed by atoms with Crippen LogP contribution in [0.15, 0.2) is 53.1 Å². The van der Waals surface area contributed by atoms with Gasteiger partial charge in [0.25, 0.3) is 0 Å². The quantitative estimate of drug-likeness (QED) is 0.392. The number of nitrogens with zero attached hydrogens (tertiary/aromatic N) is 2. The van der Waals surface area contributed by atoms with Crippen molar-refractivity contribution in [2.75, 3.05) is 7.11 Å². The first-order valence-electron chi connectivity index (χ1n) is 9.56. The van der Waals surface area contributed by atoms with E-state index in [0.29, 0.717) is 29.4 Å². The summed E-state index contributed by atoms with van der Waals surface area (Å²) in [7, 11) is 1.55. The second-order valence-electron chi connectivity index (χ2n) is 6.75. The van der Waals surface area contributed by atoms with Gasteiger partial charge in [-0.05, 0) is 55.3 Å². The fourth-order valence-electron chi connectivity index (χ4n) is 2.86. The number of carbonyl (C=O) groups is 1. The number of carbonyl (C=O) groups excluding carboxylic acids is 1. The van der Waals surface area contributed by atoms with Gasteiger partial charge >= 0.3 is 5.97 Å². The molecule has 0 radical (unpaired) electrons. The average molecular weight is 418 g/mol. The molecule has 0 fully saturated rings. The van der Waals surface area contributed by atoms with Crippen molar-refractivity contribution in [3.8, 4) is 17.6 Å². The van der Waals surface area contributed by atoms with Gasteiger partial charge in [0.05, 0.1) is 30.0 Å². The predicted molar refractivity (Wildman–Crippen MR) is 113 cm³/mol. The summed E-state index contributed by atoms with van der Waals surface area (Å²) in [4.78, 5) is 12.0. The maximum atomic E-state index is 12.0. The minimum Gasteiger partial charge on any atom is -0.493 e. The number of benzene rings is 2. The van der Waals surface area contributed by atoms with Crippen LogP contribution in [-0.4, -0.2) is 18.2 Å². The van der Waals surface area contributed by atoms with Gasteiger partial charge in [-0.25, -0.2) is 4.79 Å². The van der Waals surface area contributed by atoms with E-state index in [2.05, 4.69) is 11.2 Å². The van der Waals surface area contributed by atoms with Gasteiger partial charge in [0, 0.05) is 6.08 Å². The summed E-state index contributed by atoms with van der Waals surface area (Å²) in [5.74, 6) is 1.34. The molecule has 1 heterocycles. The van der Waals surface area contributed by atoms with Crippen molar-refractivity contribution < 1.29 is 23.5 Å². The van der Waals surface area contributed by atoms with Crippen molar-refractivity contribution in [2.45, 2.75) is 27.1 Å². The Morgan fingerprint density at radius 2 is 2.00 bits per heavy atom. The van der Waals surface area contributed by atoms with Crippen molar-refractivity contribution in [1.82, 2.24) is 5.16 Å². The number of aryl methyl sites for hydroxylation is 2. The summed E-state index contributed by atoms with van der Waals surface area (Å²) in [5, 5.41) is 12.8. The number of hydrogen-bond acceptors (Lipinski definition) is 7. The fourth-order valence-corrected chi connectivity index (χ4v) is 2.86. The molecule has 0 bridgehead atoms. The van der Waals surface area contributed by atoms with E-state index in [-0.39, 0.29) is 6.61 Å². The second-order valence-corrected chi connectivity index (χ2v) is 6.75. The van der Waals surface area contributed by atoms with E-state index in [1.54, 1.807) is 49.6 Å². The molecule has 0 N–H and O–H groups in total. The van der Waals surface area contributed by atoms with Crippen LogP contribution in [0.2, 0.25) is 0 Å². The number of methoxy groups -OCH3 is 1. The predicted octanol–water partition coefficient (Wildman–Crippen LogP) is 4.51. The molecule has 3 aromatic rings. The van der Waals surface area contributed by atoms with Crippen LogP contribution < -0.4 is 9.47 Å². The number of aromatic nitrogens is 1. The summed E-state index contributed by atoms with van der Waals surface area (Å²) in [5.41, 5.74) is 3.71. The van der Waals surface area contributed by atoms with Crippen LogP contribution in [-0.2, 0) is 22.7 Å². The molecule has 0 saturated carbocycles. The molecule has 7 nitrogen and oxygen atoms in total. The van der Waals surface area contributed by atoms with Gasteiger partial charge in [-0.15, -0.1) is 0 Å². The van der Waals surface area contributed by atoms with Gasteiger partial charge in [0.15, 0.2) is 11.5 Å². The van der Waals surface area contributed by atoms with Crippen LogP contribution in [0, 0.1) is 25.2 Å². The van der Waals surface area contributed by atoms with E-state index in [1.165, 1.54) is 6.08 Å². The first kappa shape index (κ1) is 21.7. The largest absolute Gasteiger partial charge is 0.493 e. The molecule has 1 aromatic heterocycles. The van der Waals surface area contributed by atoms with Crippen molar-refractivity contribution in [2.24, 2.45) is 0 Å². The molecule has 2 aromatic carbocycles. The highest BCUT2D eigenvalue weighted by Gasteiger charge is 2.12. The average Bonchev–Trinajstić information content (AvgIpc) is 3.12. The molecular formula is C24H22N2O5. The first-order chi connectivity index (χ1) is 15.0. The Labute approximate surface area is 180 Å². The number of esters is 1. The van der Waals surface area contributed by atoms with Crippen LogP contribution >= 0.6 is 0 Å². The van der Waals surface area contributed by atoms with Gasteiger partial charge in [0.1, 0.15) is 19.0 Å². The summed E-state index contributed by atoms with van der Waals surface area (Å²) in [6.07, 6.45) is 2.97. The third-order valence-electron chi connectivity index (χ3n) is 4.59. The Morgan fingerprint density at radius 1 is 1.16 bits per heavy atom. The van der Waals surface area contributed by atoms with Crippen molar-refractivity contribution >= 4 is 12.0 Å². The van der Waals surface area contributed by atoms with Gasteiger partial charge < -0.3 is 18.7 Å². The molecule has 3 rings (SSSR count). The highest BCUT2D eigenvalue weighted by Crippen LogP contribution is 2.30. The fraction of sp³-hybridized carbons (Fsp3) is 0.208. The van der Waals surface area contributed by atoms with Crippen LogP contribution in [0.3, 0.4) is 0 Å². The highest BCUT2D eigenvalue weighted by molar-refractivity contribution is 5.87. The highest BCUT2D eigenvalue weighted by atomic mass is 16.5. The molecule has 7 heteroatoms. The van der Waals surface area contributed by atoms with Crippen LogP contribution in [0.4, 0.5) is 0 Å². The standard InChI is InChI=1S/C24H22N2O5/c1-16-21(17(2)31-26-16)15-29-22-9-7-18(12-23(22)28-3)8-10-24(27)30-14-20-6-4-5-19(11-20)13-25/h4-12H,14-15H2,1-3H3/b10-8+. The Kier molecular flexibility index (Phi) is 7.07. The third kappa shape index (κ3) is 5.73. The van der Waals surface area contributed by atoms with E-state index in [9.17, 15) is 4.79 Å². The van der Waals surface area contributed by atoms with Crippen molar-refractivity contribution in [3.05, 3.63) is 82.2 Å². The lowest BCUT2D eigenvalue weighted by molar-refractivity contribution is -0.138. The van der Waals surface area contributed by atoms with E-state index in [1.807, 2.05) is 19.9 Å². The van der Waals surface area contributed by atoms with Gasteiger partial charge in [-0.3, -0.25) is 0 Å². The van der Waals surface area contributed by atoms with Gasteiger partial charge in [0.2, 0.25) is 0 Å². The molecular weight excluding hydrogens is 396 g/mol. The Balaban J connectivity index is 1.60. The molecule has 0 spiro atoms. The molecule has 0 amide bonds. The van der Waals surface area contributed by atoms with Crippen LogP contribution in [0.25, 0.3) is 6.08 Å². The summed E-state index contributed by atoms with van der Waals surface area (Å²) in [6.45, 7) is 4.10. The lowest BCUT2D eigenvalue weighted by Crippen LogP contribution is -2.01. The van der Waals surface area contributed by atoms with Crippen LogP contribution in [0.5, 0.6) is 11.5 Å². The molecule has 0 unspecified atom stereocenters. The summed E-state index contributed by atoms with van der Waals surface area (Å²) in [6, 6.07) is 14.3. The Morgan fingerprint density at radius 3 is 2.71 bits per heavy atom. The molecule has 0 atom stereocenters. The minimum atomic E-state index is -0.486. The maximum Gasteiger partial charge on any atom is 0.331 e.